The van der Waals surface area contributed by atoms with Gasteiger partial charge in [0.1, 0.15) is 6.10 Å². The van der Waals surface area contributed by atoms with E-state index in [9.17, 15) is 24.3 Å². The highest BCUT2D eigenvalue weighted by Gasteiger charge is 2.71. The Kier molecular flexibility index (Phi) is 11.3. The summed E-state index contributed by atoms with van der Waals surface area (Å²) in [5.74, 6) is 1.48. The first-order chi connectivity index (χ1) is 25.5. The summed E-state index contributed by atoms with van der Waals surface area (Å²) in [4.78, 5) is 58.0. The van der Waals surface area contributed by atoms with Crippen LogP contribution in [0.15, 0.2) is 12.2 Å². The molecule has 9 nitrogen and oxygen atoms in total. The highest BCUT2D eigenvalue weighted by molar-refractivity contribution is 5.86. The number of likely N-dealkylation sites (N-methyl/N-ethyl adjacent to an activating group) is 1. The maximum absolute atomic E-state index is 14.3. The van der Waals surface area contributed by atoms with Crippen LogP contribution < -0.4 is 0 Å². The minimum absolute atomic E-state index is 0.0385. The fourth-order valence-corrected chi connectivity index (χ4v) is 14.7. The second kappa shape index (κ2) is 14.8. The Morgan fingerprint density at radius 1 is 0.891 bits per heavy atom. The first-order valence-corrected chi connectivity index (χ1v) is 21.8. The molecule has 0 radical (unpaired) electrons. The fraction of sp³-hybridized carbons (Fsp3) is 0.870. The Labute approximate surface area is 332 Å². The van der Waals surface area contributed by atoms with Crippen molar-refractivity contribution in [2.24, 2.45) is 62.1 Å². The lowest BCUT2D eigenvalue weighted by molar-refractivity contribution is -0.250. The predicted octanol–water partition coefficient (Wildman–Crippen LogP) is 8.07. The number of hydrogen-bond acceptors (Lipinski definition) is 6. The quantitative estimate of drug-likeness (QED) is 0.168. The number of rotatable bonds is 11. The molecule has 0 spiro atoms. The van der Waals surface area contributed by atoms with Crippen molar-refractivity contribution in [2.45, 2.75) is 145 Å². The van der Waals surface area contributed by atoms with Gasteiger partial charge in [-0.05, 0) is 142 Å². The minimum atomic E-state index is -0.890. The van der Waals surface area contributed by atoms with Crippen molar-refractivity contribution < 1.29 is 29.0 Å². The Bertz CT molecular complexity index is 1540. The molecule has 310 valence electrons. The number of carbonyl (C=O) groups excluding carboxylic acids is 3. The summed E-state index contributed by atoms with van der Waals surface area (Å²) in [6.45, 7) is 25.9. The second-order valence-corrected chi connectivity index (χ2v) is 22.0. The third kappa shape index (κ3) is 7.32. The normalized spacial score (nSPS) is 39.8. The first-order valence-electron chi connectivity index (χ1n) is 21.8. The largest absolute Gasteiger partial charge is 0.481 e. The smallest absolute Gasteiger partial charge is 0.306 e. The van der Waals surface area contributed by atoms with Gasteiger partial charge >= 0.3 is 11.9 Å². The number of carbonyl (C=O) groups is 4. The number of piperazine rings is 1. The zero-order chi connectivity index (χ0) is 40.5. The number of fused-ring (bicyclic) bond motifs is 7. The summed E-state index contributed by atoms with van der Waals surface area (Å²) in [5.41, 5.74) is 0.846. The molecule has 0 aromatic carbocycles. The molecule has 1 N–H and O–H groups in total. The van der Waals surface area contributed by atoms with Crippen molar-refractivity contribution in [2.75, 3.05) is 46.8 Å². The van der Waals surface area contributed by atoms with Crippen molar-refractivity contribution in [1.82, 2.24) is 14.7 Å². The van der Waals surface area contributed by atoms with E-state index in [0.717, 1.165) is 57.9 Å². The van der Waals surface area contributed by atoms with Crippen LogP contribution in [-0.4, -0.2) is 96.5 Å². The number of allylic oxidation sites excluding steroid dienone is 1. The third-order valence-electron chi connectivity index (χ3n) is 17.7. The van der Waals surface area contributed by atoms with Crippen molar-refractivity contribution in [3.63, 3.8) is 0 Å². The molecular formula is C46H75N3O6. The number of nitrogens with zero attached hydrogens (tertiary/aromatic N) is 3. The van der Waals surface area contributed by atoms with E-state index in [2.05, 4.69) is 53.0 Å². The van der Waals surface area contributed by atoms with E-state index in [-0.39, 0.29) is 70.3 Å². The van der Waals surface area contributed by atoms with Crippen LogP contribution in [0.1, 0.15) is 139 Å². The molecule has 0 bridgehead atoms. The number of carboxylic acid groups (broad SMARTS) is 1. The van der Waals surface area contributed by atoms with Gasteiger partial charge in [0.25, 0.3) is 0 Å². The van der Waals surface area contributed by atoms with Crippen LogP contribution in [0.25, 0.3) is 0 Å². The Balaban J connectivity index is 1.20. The van der Waals surface area contributed by atoms with Crippen LogP contribution in [0, 0.1) is 62.1 Å². The van der Waals surface area contributed by atoms with Gasteiger partial charge in [-0.3, -0.25) is 19.2 Å². The summed E-state index contributed by atoms with van der Waals surface area (Å²) in [7, 11) is 4.05. The van der Waals surface area contributed by atoms with Crippen molar-refractivity contribution in [1.29, 1.82) is 0 Å². The molecule has 5 saturated carbocycles. The van der Waals surface area contributed by atoms with E-state index in [4.69, 9.17) is 4.74 Å². The molecule has 0 unspecified atom stereocenters. The van der Waals surface area contributed by atoms with E-state index in [1.54, 1.807) is 0 Å². The van der Waals surface area contributed by atoms with Crippen LogP contribution in [0.2, 0.25) is 0 Å². The van der Waals surface area contributed by atoms with E-state index in [0.29, 0.717) is 55.6 Å². The van der Waals surface area contributed by atoms with E-state index >= 15 is 0 Å². The van der Waals surface area contributed by atoms with Gasteiger partial charge in [-0.2, -0.15) is 0 Å². The van der Waals surface area contributed by atoms with Crippen LogP contribution in [0.4, 0.5) is 0 Å². The molecule has 6 rings (SSSR count). The Hall–Kier alpha value is -2.42. The summed E-state index contributed by atoms with van der Waals surface area (Å²) in [5, 5.41) is 9.37. The molecule has 9 heteroatoms. The lowest BCUT2D eigenvalue weighted by Gasteiger charge is -2.73. The van der Waals surface area contributed by atoms with Crippen LogP contribution in [-0.2, 0) is 23.9 Å². The first kappa shape index (κ1) is 42.2. The van der Waals surface area contributed by atoms with Gasteiger partial charge in [0.05, 0.1) is 19.4 Å². The van der Waals surface area contributed by atoms with Crippen molar-refractivity contribution in [3.05, 3.63) is 12.2 Å². The summed E-state index contributed by atoms with van der Waals surface area (Å²) >= 11 is 0. The average molecular weight is 766 g/mol. The summed E-state index contributed by atoms with van der Waals surface area (Å²) in [6, 6.07) is 0. The van der Waals surface area contributed by atoms with Gasteiger partial charge in [-0.15, -0.1) is 0 Å². The van der Waals surface area contributed by atoms with Crippen LogP contribution in [0.5, 0.6) is 0 Å². The van der Waals surface area contributed by atoms with Gasteiger partial charge in [0.2, 0.25) is 11.8 Å². The molecule has 5 aliphatic carbocycles. The number of hydrogen-bond donors (Lipinski definition) is 1. The third-order valence-corrected chi connectivity index (χ3v) is 17.7. The van der Waals surface area contributed by atoms with Gasteiger partial charge in [-0.25, -0.2) is 0 Å². The van der Waals surface area contributed by atoms with E-state index in [1.807, 2.05) is 37.7 Å². The highest BCUT2D eigenvalue weighted by Crippen LogP contribution is 2.78. The molecule has 0 aromatic rings. The predicted molar refractivity (Wildman–Crippen MR) is 216 cm³/mol. The molecule has 2 amide bonds. The van der Waals surface area contributed by atoms with Crippen molar-refractivity contribution in [3.8, 4) is 0 Å². The highest BCUT2D eigenvalue weighted by atomic mass is 16.5. The average Bonchev–Trinajstić information content (AvgIpc) is 3.44. The molecule has 1 saturated heterocycles. The second-order valence-electron chi connectivity index (χ2n) is 22.0. The van der Waals surface area contributed by atoms with Crippen LogP contribution in [0.3, 0.4) is 0 Å². The maximum atomic E-state index is 14.3. The lowest BCUT2D eigenvalue weighted by Crippen LogP contribution is -2.67. The van der Waals surface area contributed by atoms with E-state index in [1.165, 1.54) is 18.4 Å². The maximum Gasteiger partial charge on any atom is 0.306 e. The van der Waals surface area contributed by atoms with Crippen LogP contribution >= 0.6 is 0 Å². The summed E-state index contributed by atoms with van der Waals surface area (Å²) in [6.07, 6.45) is 11.4. The molecular weight excluding hydrogens is 691 g/mol. The topological polar surface area (TPSA) is 107 Å². The van der Waals surface area contributed by atoms with Gasteiger partial charge in [0, 0.05) is 38.0 Å². The van der Waals surface area contributed by atoms with Gasteiger partial charge in [0.15, 0.2) is 0 Å². The van der Waals surface area contributed by atoms with Gasteiger partial charge < -0.3 is 24.5 Å². The number of ether oxygens (including phenoxy) is 1. The van der Waals surface area contributed by atoms with Gasteiger partial charge in [-0.1, -0.05) is 60.6 Å². The zero-order valence-electron chi connectivity index (χ0n) is 36.2. The molecule has 10 atom stereocenters. The lowest BCUT2D eigenvalue weighted by atomic mass is 9.32. The molecule has 6 aliphatic rings. The Morgan fingerprint density at radius 2 is 1.60 bits per heavy atom. The summed E-state index contributed by atoms with van der Waals surface area (Å²) < 4.78 is 6.29. The SMILES string of the molecule is C=C(C)[C@@H]1CC[C@]2(CC(=O)N3CCN(CCN(C)C)C(=O)C3)CC[C@]3(C)[C@H](CC[C@@H]4[C@@]5(C)CC[C@H](OC(=O)CC(C)(C)CC(=O)O)C(C)(C)[C@@H]5CC[C@]43C)[C@@H]12. The minimum Gasteiger partial charge on any atom is -0.481 e. The molecule has 55 heavy (non-hydrogen) atoms. The number of carboxylic acids is 1. The standard InChI is InChI=1S/C46H75N3O6/c1-30(2)31-14-19-46(26-36(50)49-25-24-48(37(51)29-49)23-22-47(10)11)21-20-44(8)32(40(31)46)12-13-34-43(7)17-16-35(42(5,6)33(43)15-18-45(34,44)9)55-39(54)28-41(3,4)27-38(52)53/h31-35,40H,1,12-29H2,2-11H3,(H,52,53)/t31-,32+,33-,34+,35-,40+,43-,44+,45+,46+/m0/s1. The number of aliphatic carboxylic acids is 1. The molecule has 1 heterocycles. The number of amides is 2. The number of esters is 1. The Morgan fingerprint density at radius 3 is 2.24 bits per heavy atom. The zero-order valence-corrected chi connectivity index (χ0v) is 36.2. The van der Waals surface area contributed by atoms with E-state index < -0.39 is 11.4 Å². The molecule has 6 fully saturated rings. The fourth-order valence-electron chi connectivity index (χ4n) is 14.7. The van der Waals surface area contributed by atoms with Crippen molar-refractivity contribution >= 4 is 23.8 Å². The molecule has 0 aromatic heterocycles. The monoisotopic (exact) mass is 766 g/mol. The molecule has 1 aliphatic heterocycles.